The third-order valence-electron chi connectivity index (χ3n) is 1.61. The number of nitrogens with one attached hydrogen (secondary N) is 1. The number of fused-ring (bicyclic) bond motifs is 1. The summed E-state index contributed by atoms with van der Waals surface area (Å²) in [7, 11) is 0. The molecule has 0 radical (unpaired) electrons. The molecule has 0 amide bonds. The van der Waals surface area contributed by atoms with Crippen LogP contribution in [0.3, 0.4) is 0 Å². The zero-order valence-electron chi connectivity index (χ0n) is 6.03. The summed E-state index contributed by atoms with van der Waals surface area (Å²) >= 11 is 0. The Balaban J connectivity index is 2.87. The van der Waals surface area contributed by atoms with Crippen molar-refractivity contribution in [3.63, 3.8) is 0 Å². The van der Waals surface area contributed by atoms with Crippen LogP contribution in [0.4, 0.5) is 0 Å². The molecular formula is C7H7N3O. The number of nitrogens with zero attached hydrogens (tertiary/aromatic N) is 2. The topological polar surface area (TPSA) is 55.6 Å². The molecule has 2 rings (SSSR count). The van der Waals surface area contributed by atoms with Crippen LogP contribution in [-0.2, 0) is 0 Å². The number of aryl methyl sites for hydroxylation is 1. The van der Waals surface area contributed by atoms with E-state index >= 15 is 0 Å². The highest BCUT2D eigenvalue weighted by atomic mass is 16.5. The van der Waals surface area contributed by atoms with Gasteiger partial charge >= 0.3 is 0 Å². The van der Waals surface area contributed by atoms with Crippen molar-refractivity contribution in [2.75, 3.05) is 0 Å². The minimum Gasteiger partial charge on any atom is -0.692 e. The minimum absolute atomic E-state index is 0.588. The lowest BCUT2D eigenvalue weighted by Gasteiger charge is -1.93. The van der Waals surface area contributed by atoms with Crippen molar-refractivity contribution < 1.29 is 4.85 Å². The summed E-state index contributed by atoms with van der Waals surface area (Å²) in [4.78, 5) is 0.655. The van der Waals surface area contributed by atoms with Crippen molar-refractivity contribution in [1.82, 2.24) is 10.3 Å². The van der Waals surface area contributed by atoms with E-state index in [1.165, 1.54) is 0 Å². The van der Waals surface area contributed by atoms with Gasteiger partial charge in [-0.15, -0.1) is 0 Å². The fraction of sp³-hybridized carbons (Fsp3) is 0.143. The third-order valence-corrected chi connectivity index (χ3v) is 1.61. The molecule has 1 heterocycles. The van der Waals surface area contributed by atoms with Gasteiger partial charge in [-0.3, -0.25) is 0 Å². The molecule has 1 aromatic carbocycles. The van der Waals surface area contributed by atoms with Gasteiger partial charge in [0, 0.05) is 5.10 Å². The molecule has 0 spiro atoms. The molecule has 2 aromatic rings. The Morgan fingerprint density at radius 2 is 2.36 bits per heavy atom. The van der Waals surface area contributed by atoms with Gasteiger partial charge < -0.3 is 5.21 Å². The lowest BCUT2D eigenvalue weighted by molar-refractivity contribution is -0.644. The van der Waals surface area contributed by atoms with Crippen LogP contribution < -0.4 is 4.85 Å². The molecule has 1 aromatic heterocycles. The molecule has 0 aliphatic carbocycles. The molecule has 0 saturated carbocycles. The first-order chi connectivity index (χ1) is 5.27. The van der Waals surface area contributed by atoms with Gasteiger partial charge in [-0.25, -0.2) is 0 Å². The number of aromatic nitrogens is 3. The summed E-state index contributed by atoms with van der Waals surface area (Å²) in [5.41, 5.74) is 2.35. The van der Waals surface area contributed by atoms with Crippen LogP contribution in [0.25, 0.3) is 11.0 Å². The summed E-state index contributed by atoms with van der Waals surface area (Å²) in [6.45, 7) is 1.94. The molecule has 0 aliphatic heterocycles. The van der Waals surface area contributed by atoms with Gasteiger partial charge in [0.15, 0.2) is 0 Å². The fourth-order valence-corrected chi connectivity index (χ4v) is 1.04. The number of aromatic amines is 1. The summed E-state index contributed by atoms with van der Waals surface area (Å²) in [6.07, 6.45) is 0. The molecule has 1 N–H and O–H groups in total. The first kappa shape index (κ1) is 6.15. The second kappa shape index (κ2) is 1.95. The quantitative estimate of drug-likeness (QED) is 0.438. The number of rotatable bonds is 0. The molecule has 4 heteroatoms. The Kier molecular flexibility index (Phi) is 1.09. The summed E-state index contributed by atoms with van der Waals surface area (Å²) in [5, 5.41) is 17.0. The highest BCUT2D eigenvalue weighted by molar-refractivity contribution is 5.70. The van der Waals surface area contributed by atoms with Crippen molar-refractivity contribution in [1.29, 1.82) is 0 Å². The van der Waals surface area contributed by atoms with E-state index in [9.17, 15) is 5.21 Å². The largest absolute Gasteiger partial charge is 0.692 e. The zero-order chi connectivity index (χ0) is 7.84. The summed E-state index contributed by atoms with van der Waals surface area (Å²) in [6, 6.07) is 5.53. The van der Waals surface area contributed by atoms with E-state index in [1.54, 1.807) is 6.07 Å². The number of hydrogen-bond donors (Lipinski definition) is 1. The lowest BCUT2D eigenvalue weighted by atomic mass is 10.2. The smallest absolute Gasteiger partial charge is 0.249 e. The van der Waals surface area contributed by atoms with E-state index < -0.39 is 0 Å². The van der Waals surface area contributed by atoms with Gasteiger partial charge in [-0.05, 0) is 24.6 Å². The van der Waals surface area contributed by atoms with Crippen LogP contribution >= 0.6 is 0 Å². The Bertz CT molecular complexity index is 393. The standard InChI is InChI=1S/C7H7N3O/c1-5-2-3-6-7(4-5)10(11)9-8-6/h2-4,9H,1H3. The van der Waals surface area contributed by atoms with Crippen molar-refractivity contribution in [3.8, 4) is 0 Å². The molecule has 4 nitrogen and oxygen atoms in total. The Hall–Kier alpha value is -1.58. The second-order valence-electron chi connectivity index (χ2n) is 2.50. The first-order valence-electron chi connectivity index (χ1n) is 3.32. The van der Waals surface area contributed by atoms with Crippen molar-refractivity contribution in [3.05, 3.63) is 29.0 Å². The molecule has 0 saturated heterocycles. The van der Waals surface area contributed by atoms with Crippen LogP contribution in [0.5, 0.6) is 0 Å². The molecule has 11 heavy (non-hydrogen) atoms. The zero-order valence-corrected chi connectivity index (χ0v) is 6.03. The van der Waals surface area contributed by atoms with Gasteiger partial charge in [0.2, 0.25) is 11.0 Å². The molecule has 0 unspecified atom stereocenters. The SMILES string of the molecule is Cc1ccc2n[nH][n+]([O-])c2c1. The van der Waals surface area contributed by atoms with Gasteiger partial charge in [-0.1, -0.05) is 11.3 Å². The molecular weight excluding hydrogens is 142 g/mol. The Labute approximate surface area is 63.0 Å². The monoisotopic (exact) mass is 149 g/mol. The maximum atomic E-state index is 10.9. The van der Waals surface area contributed by atoms with Crippen molar-refractivity contribution >= 4 is 11.0 Å². The van der Waals surface area contributed by atoms with Gasteiger partial charge in [0.05, 0.1) is 0 Å². The van der Waals surface area contributed by atoms with E-state index in [-0.39, 0.29) is 0 Å². The van der Waals surface area contributed by atoms with Crippen molar-refractivity contribution in [2.24, 2.45) is 0 Å². The molecule has 0 bridgehead atoms. The number of H-pyrrole nitrogens is 1. The van der Waals surface area contributed by atoms with Crippen molar-refractivity contribution in [2.45, 2.75) is 6.92 Å². The molecule has 0 atom stereocenters. The van der Waals surface area contributed by atoms with E-state index in [2.05, 4.69) is 10.3 Å². The van der Waals surface area contributed by atoms with Crippen LogP contribution in [0.15, 0.2) is 18.2 Å². The van der Waals surface area contributed by atoms with Gasteiger partial charge in [0.25, 0.3) is 0 Å². The lowest BCUT2D eigenvalue weighted by Crippen LogP contribution is -2.27. The normalized spacial score (nSPS) is 10.6. The van der Waals surface area contributed by atoms with Gasteiger partial charge in [0.1, 0.15) is 0 Å². The molecule has 0 fully saturated rings. The van der Waals surface area contributed by atoms with E-state index in [0.29, 0.717) is 15.9 Å². The average Bonchev–Trinajstić information content (AvgIpc) is 2.33. The summed E-state index contributed by atoms with van der Waals surface area (Å²) in [5.74, 6) is 0. The first-order valence-corrected chi connectivity index (χ1v) is 3.32. The minimum atomic E-state index is 0.588. The molecule has 56 valence electrons. The maximum absolute atomic E-state index is 10.9. The predicted octanol–water partition coefficient (Wildman–Crippen LogP) is 0.505. The van der Waals surface area contributed by atoms with E-state index in [4.69, 9.17) is 0 Å². The average molecular weight is 149 g/mol. The fourth-order valence-electron chi connectivity index (χ4n) is 1.04. The van der Waals surface area contributed by atoms with E-state index in [1.807, 2.05) is 19.1 Å². The Morgan fingerprint density at radius 1 is 1.55 bits per heavy atom. The molecule has 0 aliphatic rings. The van der Waals surface area contributed by atoms with Crippen LogP contribution in [0.1, 0.15) is 5.56 Å². The van der Waals surface area contributed by atoms with Crippen LogP contribution in [0.2, 0.25) is 0 Å². The van der Waals surface area contributed by atoms with Gasteiger partial charge in [-0.2, -0.15) is 4.85 Å². The summed E-state index contributed by atoms with van der Waals surface area (Å²) < 4.78 is 0. The number of hydrogen-bond acceptors (Lipinski definition) is 2. The maximum Gasteiger partial charge on any atom is 0.249 e. The second-order valence-corrected chi connectivity index (χ2v) is 2.50. The third kappa shape index (κ3) is 0.832. The Morgan fingerprint density at radius 3 is 3.18 bits per heavy atom. The predicted molar refractivity (Wildman–Crippen MR) is 39.8 cm³/mol. The van der Waals surface area contributed by atoms with Crippen LogP contribution in [0, 0.1) is 12.1 Å². The van der Waals surface area contributed by atoms with E-state index in [0.717, 1.165) is 5.56 Å². The number of benzene rings is 1. The highest BCUT2D eigenvalue weighted by Crippen LogP contribution is 2.07. The highest BCUT2D eigenvalue weighted by Gasteiger charge is 2.05. The van der Waals surface area contributed by atoms with Crippen LogP contribution in [-0.4, -0.2) is 10.3 Å².